The lowest BCUT2D eigenvalue weighted by Crippen LogP contribution is -1.93. The van der Waals surface area contributed by atoms with Gasteiger partial charge >= 0.3 is 0 Å². The molecule has 0 aliphatic rings. The van der Waals surface area contributed by atoms with E-state index in [0.29, 0.717) is 0 Å². The van der Waals surface area contributed by atoms with Gasteiger partial charge < -0.3 is 0 Å². The summed E-state index contributed by atoms with van der Waals surface area (Å²) in [5, 5.41) is 8.01. The van der Waals surface area contributed by atoms with Crippen molar-refractivity contribution in [1.29, 1.82) is 5.26 Å². The zero-order chi connectivity index (χ0) is 4.99. The summed E-state index contributed by atoms with van der Waals surface area (Å²) < 4.78 is 0. The van der Waals surface area contributed by atoms with Gasteiger partial charge in [0.1, 0.15) is 0 Å². The molecular weight excluding hydrogens is 114 g/mol. The number of nitrogens with zero attached hydrogens (tertiary/aromatic N) is 1. The van der Waals surface area contributed by atoms with Crippen molar-refractivity contribution in [3.8, 4) is 5.69 Å². The minimum absolute atomic E-state index is 0.873. The average Bonchev–Trinajstić information content (AvgIpc) is 1.65. The van der Waals surface area contributed by atoms with Gasteiger partial charge in [-0.15, -0.1) is 0 Å². The van der Waals surface area contributed by atoms with E-state index in [1.54, 1.807) is 0 Å². The second-order valence-electron chi connectivity index (χ2n) is 1.00. The summed E-state index contributed by atoms with van der Waals surface area (Å²) in [4.78, 5) is 0. The molecule has 0 aromatic carbocycles. The molecule has 0 N–H and O–H groups in total. The number of rotatable bonds is 1. The van der Waals surface area contributed by atoms with E-state index in [4.69, 9.17) is 16.3 Å². The molecule has 0 amide bonds. The molecule has 0 radical (unpaired) electrons. The first-order valence-corrected chi connectivity index (χ1v) is 4.99. The Morgan fingerprint density at radius 1 is 2.00 bits per heavy atom. The zero-order valence-electron chi connectivity index (χ0n) is 3.61. The minimum atomic E-state index is -1.38. The molecular formula is C3H6ClNSi. The molecule has 0 rings (SSSR count). The Morgan fingerprint density at radius 2 is 2.50 bits per heavy atom. The Balaban J connectivity index is 3.04. The van der Waals surface area contributed by atoms with Gasteiger partial charge in [0.2, 0.25) is 0 Å². The maximum atomic E-state index is 8.01. The van der Waals surface area contributed by atoms with Crippen LogP contribution in [0.25, 0.3) is 0 Å². The SMILES string of the molecule is CC[SiH](Cl)C#N. The van der Waals surface area contributed by atoms with Crippen molar-refractivity contribution < 1.29 is 0 Å². The van der Waals surface area contributed by atoms with E-state index in [2.05, 4.69) is 0 Å². The second-order valence-corrected chi connectivity index (χ2v) is 4.60. The Labute approximate surface area is 43.8 Å². The maximum Gasteiger partial charge on any atom is 0.254 e. The lowest BCUT2D eigenvalue weighted by atomic mass is 11.0. The van der Waals surface area contributed by atoms with E-state index in [1.165, 1.54) is 0 Å². The fourth-order valence-corrected chi connectivity index (χ4v) is 0.274. The van der Waals surface area contributed by atoms with Crippen molar-refractivity contribution in [1.82, 2.24) is 0 Å². The molecule has 0 bridgehead atoms. The summed E-state index contributed by atoms with van der Waals surface area (Å²) in [6.45, 7) is 1.94. The van der Waals surface area contributed by atoms with Gasteiger partial charge in [-0.3, -0.25) is 0 Å². The van der Waals surface area contributed by atoms with Crippen molar-refractivity contribution in [2.45, 2.75) is 13.0 Å². The summed E-state index contributed by atoms with van der Waals surface area (Å²) in [5.74, 6) is 0. The van der Waals surface area contributed by atoms with E-state index < -0.39 is 8.11 Å². The molecule has 0 aliphatic carbocycles. The first kappa shape index (κ1) is 6.00. The molecule has 0 fully saturated rings. The Bertz CT molecular complexity index is 67.7. The van der Waals surface area contributed by atoms with Gasteiger partial charge in [-0.2, -0.15) is 11.1 Å². The molecule has 1 nitrogen and oxygen atoms in total. The highest BCUT2D eigenvalue weighted by molar-refractivity contribution is 7.11. The van der Waals surface area contributed by atoms with Gasteiger partial charge in [0.25, 0.3) is 8.11 Å². The molecule has 0 spiro atoms. The third-order valence-electron chi connectivity index (χ3n) is 0.499. The van der Waals surface area contributed by atoms with Gasteiger partial charge in [-0.1, -0.05) is 6.92 Å². The number of hydrogen-bond acceptors (Lipinski definition) is 1. The summed E-state index contributed by atoms with van der Waals surface area (Å²) >= 11 is 5.43. The Hall–Kier alpha value is -0.00312. The summed E-state index contributed by atoms with van der Waals surface area (Å²) in [6, 6.07) is 0.873. The predicted octanol–water partition coefficient (Wildman–Crippen LogP) is 1.03. The van der Waals surface area contributed by atoms with Crippen LogP contribution in [0, 0.1) is 11.0 Å². The van der Waals surface area contributed by atoms with E-state index in [0.717, 1.165) is 6.04 Å². The summed E-state index contributed by atoms with van der Waals surface area (Å²) in [6.07, 6.45) is 0. The van der Waals surface area contributed by atoms with E-state index in [1.807, 2.05) is 12.6 Å². The lowest BCUT2D eigenvalue weighted by molar-refractivity contribution is 1.44. The second kappa shape index (κ2) is 3.20. The van der Waals surface area contributed by atoms with Crippen molar-refractivity contribution in [3.05, 3.63) is 0 Å². The molecule has 34 valence electrons. The highest BCUT2D eigenvalue weighted by Crippen LogP contribution is 1.91. The van der Waals surface area contributed by atoms with Gasteiger partial charge in [-0.05, 0) is 6.04 Å². The van der Waals surface area contributed by atoms with Crippen LogP contribution in [0.3, 0.4) is 0 Å². The Kier molecular flexibility index (Phi) is 3.20. The van der Waals surface area contributed by atoms with Crippen molar-refractivity contribution >= 4 is 19.2 Å². The van der Waals surface area contributed by atoms with Crippen LogP contribution in [0.5, 0.6) is 0 Å². The number of halogens is 1. The van der Waals surface area contributed by atoms with E-state index in [9.17, 15) is 0 Å². The van der Waals surface area contributed by atoms with Crippen LogP contribution in [0.15, 0.2) is 0 Å². The fourth-order valence-electron chi connectivity index (χ4n) is 0.0913. The molecule has 3 heteroatoms. The van der Waals surface area contributed by atoms with E-state index >= 15 is 0 Å². The van der Waals surface area contributed by atoms with Crippen LogP contribution >= 0.6 is 11.1 Å². The summed E-state index contributed by atoms with van der Waals surface area (Å²) in [7, 11) is -1.38. The topological polar surface area (TPSA) is 23.8 Å². The monoisotopic (exact) mass is 119 g/mol. The highest BCUT2D eigenvalue weighted by Gasteiger charge is 1.96. The third-order valence-corrected chi connectivity index (χ3v) is 2.71. The first-order chi connectivity index (χ1) is 2.81. The van der Waals surface area contributed by atoms with Crippen LogP contribution in [0.2, 0.25) is 6.04 Å². The van der Waals surface area contributed by atoms with Crippen molar-refractivity contribution in [2.24, 2.45) is 0 Å². The normalized spacial score (nSPS) is 12.8. The fraction of sp³-hybridized carbons (Fsp3) is 0.667. The van der Waals surface area contributed by atoms with Gasteiger partial charge in [0, 0.05) is 5.69 Å². The smallest absolute Gasteiger partial charge is 0.205 e. The highest BCUT2D eigenvalue weighted by atomic mass is 35.6. The zero-order valence-corrected chi connectivity index (χ0v) is 5.52. The van der Waals surface area contributed by atoms with Crippen LogP contribution in [-0.2, 0) is 0 Å². The molecule has 0 aromatic heterocycles. The van der Waals surface area contributed by atoms with Crippen molar-refractivity contribution in [2.75, 3.05) is 0 Å². The largest absolute Gasteiger partial charge is 0.254 e. The van der Waals surface area contributed by atoms with Gasteiger partial charge in [0.05, 0.1) is 0 Å². The molecule has 0 aliphatic heterocycles. The first-order valence-electron chi connectivity index (χ1n) is 1.85. The van der Waals surface area contributed by atoms with Crippen LogP contribution < -0.4 is 0 Å². The molecule has 1 unspecified atom stereocenters. The van der Waals surface area contributed by atoms with Gasteiger partial charge in [0.15, 0.2) is 0 Å². The Morgan fingerprint density at radius 3 is 2.50 bits per heavy atom. The van der Waals surface area contributed by atoms with Crippen LogP contribution in [-0.4, -0.2) is 8.11 Å². The molecule has 1 atom stereocenters. The quantitative estimate of drug-likeness (QED) is 0.374. The van der Waals surface area contributed by atoms with Crippen LogP contribution in [0.4, 0.5) is 0 Å². The van der Waals surface area contributed by atoms with Gasteiger partial charge in [-0.25, -0.2) is 5.26 Å². The standard InChI is InChI=1S/C3H6ClNSi/c1-2-6(4)3-5/h6H,2H2,1H3. The summed E-state index contributed by atoms with van der Waals surface area (Å²) in [5.41, 5.74) is 2.02. The number of hydrogen-bond donors (Lipinski definition) is 0. The predicted molar refractivity (Wildman–Crippen MR) is 29.1 cm³/mol. The third kappa shape index (κ3) is 2.25. The molecule has 0 aromatic rings. The average molecular weight is 120 g/mol. The lowest BCUT2D eigenvalue weighted by Gasteiger charge is -1.80. The molecule has 0 saturated heterocycles. The number of nitriles is 1. The maximum absolute atomic E-state index is 8.01. The van der Waals surface area contributed by atoms with Crippen LogP contribution in [0.1, 0.15) is 6.92 Å². The van der Waals surface area contributed by atoms with Crippen molar-refractivity contribution in [3.63, 3.8) is 0 Å². The van der Waals surface area contributed by atoms with E-state index in [-0.39, 0.29) is 0 Å². The molecule has 0 heterocycles. The molecule has 0 saturated carbocycles. The molecule has 6 heavy (non-hydrogen) atoms. The minimum Gasteiger partial charge on any atom is -0.205 e.